The van der Waals surface area contributed by atoms with Crippen molar-refractivity contribution < 1.29 is 13.9 Å². The van der Waals surface area contributed by atoms with Crippen molar-refractivity contribution in [3.8, 4) is 0 Å². The van der Waals surface area contributed by atoms with Crippen LogP contribution in [0.2, 0.25) is 0 Å². The Balaban J connectivity index is 2.27. The van der Waals surface area contributed by atoms with Crippen LogP contribution in [0.1, 0.15) is 12.8 Å². The maximum absolute atomic E-state index is 13.3. The van der Waals surface area contributed by atoms with Crippen LogP contribution in [-0.4, -0.2) is 29.0 Å². The molecule has 3 N–H and O–H groups in total. The molecular weight excluding hydrogens is 210 g/mol. The molecular formula is C8H12F2N2OS. The summed E-state index contributed by atoms with van der Waals surface area (Å²) in [5.41, 5.74) is -0.0175. The minimum atomic E-state index is -2.80. The van der Waals surface area contributed by atoms with E-state index in [4.69, 9.17) is 0 Å². The Morgan fingerprint density at radius 1 is 1.57 bits per heavy atom. The third-order valence-electron chi connectivity index (χ3n) is 2.55. The first-order valence-electron chi connectivity index (χ1n) is 4.39. The van der Waals surface area contributed by atoms with Gasteiger partial charge in [-0.15, -0.1) is 11.8 Å². The van der Waals surface area contributed by atoms with Crippen molar-refractivity contribution in [1.82, 2.24) is 10.6 Å². The molecule has 0 radical (unpaired) electrons. The molecule has 0 bridgehead atoms. The van der Waals surface area contributed by atoms with Crippen molar-refractivity contribution in [2.45, 2.75) is 30.5 Å². The van der Waals surface area contributed by atoms with Gasteiger partial charge in [-0.2, -0.15) is 8.78 Å². The molecule has 0 fully saturated rings. The molecule has 0 spiro atoms. The number of rotatable bonds is 1. The summed E-state index contributed by atoms with van der Waals surface area (Å²) in [7, 11) is 0. The second-order valence-corrected chi connectivity index (χ2v) is 4.38. The largest absolute Gasteiger partial charge is 0.374 e. The number of halogens is 2. The molecule has 2 aliphatic rings. The number of thioether (sulfide) groups is 1. The van der Waals surface area contributed by atoms with Gasteiger partial charge < -0.3 is 10.4 Å². The van der Waals surface area contributed by atoms with E-state index in [1.54, 1.807) is 6.26 Å². The standard InChI is InChI=1S/C8H12F2N2OS/c1-14-7-11-5-4(6(13)12-7)2-3-8(5,9)10/h6-7,11-13H,2-3H2,1H3. The summed E-state index contributed by atoms with van der Waals surface area (Å²) in [6, 6.07) is 0. The van der Waals surface area contributed by atoms with E-state index >= 15 is 0 Å². The van der Waals surface area contributed by atoms with E-state index < -0.39 is 12.2 Å². The SMILES string of the molecule is CSC1NC2=C(CCC2(F)F)C(O)N1. The molecule has 0 amide bonds. The normalized spacial score (nSPS) is 35.4. The van der Waals surface area contributed by atoms with Crippen molar-refractivity contribution in [1.29, 1.82) is 0 Å². The lowest BCUT2D eigenvalue weighted by atomic mass is 10.2. The number of nitrogens with one attached hydrogen (secondary N) is 2. The van der Waals surface area contributed by atoms with Crippen LogP contribution < -0.4 is 10.6 Å². The second kappa shape index (κ2) is 3.36. The first-order valence-corrected chi connectivity index (χ1v) is 5.68. The molecule has 2 rings (SSSR count). The Morgan fingerprint density at radius 2 is 2.29 bits per heavy atom. The summed E-state index contributed by atoms with van der Waals surface area (Å²) in [5, 5.41) is 15.1. The quantitative estimate of drug-likeness (QED) is 0.615. The van der Waals surface area contributed by atoms with E-state index in [2.05, 4.69) is 10.6 Å². The van der Waals surface area contributed by atoms with Gasteiger partial charge in [-0.05, 0) is 18.2 Å². The molecule has 0 aromatic heterocycles. The van der Waals surface area contributed by atoms with Crippen LogP contribution in [0.4, 0.5) is 8.78 Å². The number of hydrogen-bond donors (Lipinski definition) is 3. The zero-order valence-electron chi connectivity index (χ0n) is 7.68. The van der Waals surface area contributed by atoms with E-state index in [1.807, 2.05) is 0 Å². The summed E-state index contributed by atoms with van der Waals surface area (Å²) in [6.45, 7) is 0. The van der Waals surface area contributed by atoms with Crippen LogP contribution in [0.3, 0.4) is 0 Å². The maximum Gasteiger partial charge on any atom is 0.287 e. The van der Waals surface area contributed by atoms with Crippen LogP contribution in [0.5, 0.6) is 0 Å². The van der Waals surface area contributed by atoms with Crippen molar-refractivity contribution in [3.05, 3.63) is 11.3 Å². The molecule has 1 heterocycles. The molecule has 1 aliphatic heterocycles. The third kappa shape index (κ3) is 1.51. The van der Waals surface area contributed by atoms with Gasteiger partial charge in [-0.1, -0.05) is 0 Å². The lowest BCUT2D eigenvalue weighted by Crippen LogP contribution is -2.52. The maximum atomic E-state index is 13.3. The number of hydrogen-bond acceptors (Lipinski definition) is 4. The number of aliphatic hydroxyl groups excluding tert-OH is 1. The summed E-state index contributed by atoms with van der Waals surface area (Å²) < 4.78 is 26.6. The van der Waals surface area contributed by atoms with Crippen molar-refractivity contribution in [2.24, 2.45) is 0 Å². The number of aliphatic hydroxyl groups is 1. The molecule has 0 saturated carbocycles. The average molecular weight is 222 g/mol. The smallest absolute Gasteiger partial charge is 0.287 e. The van der Waals surface area contributed by atoms with Crippen molar-refractivity contribution >= 4 is 11.8 Å². The average Bonchev–Trinajstić information content (AvgIpc) is 2.43. The molecule has 0 aromatic carbocycles. The highest BCUT2D eigenvalue weighted by atomic mass is 32.2. The van der Waals surface area contributed by atoms with Gasteiger partial charge in [-0.3, -0.25) is 5.32 Å². The molecule has 0 saturated heterocycles. The number of allylic oxidation sites excluding steroid dienone is 1. The molecule has 2 atom stereocenters. The Kier molecular flexibility index (Phi) is 2.45. The summed E-state index contributed by atoms with van der Waals surface area (Å²) in [5.74, 6) is -2.80. The predicted molar refractivity (Wildman–Crippen MR) is 50.8 cm³/mol. The fraction of sp³-hybridized carbons (Fsp3) is 0.750. The van der Waals surface area contributed by atoms with E-state index in [1.165, 1.54) is 11.8 Å². The van der Waals surface area contributed by atoms with Gasteiger partial charge in [-0.25, -0.2) is 0 Å². The summed E-state index contributed by atoms with van der Waals surface area (Å²) in [6.07, 6.45) is 0.905. The predicted octanol–water partition coefficient (Wildman–Crippen LogP) is 0.827. The fourth-order valence-electron chi connectivity index (χ4n) is 1.79. The topological polar surface area (TPSA) is 44.3 Å². The van der Waals surface area contributed by atoms with Crippen LogP contribution in [0.25, 0.3) is 0 Å². The van der Waals surface area contributed by atoms with Gasteiger partial charge in [0.1, 0.15) is 11.7 Å². The highest BCUT2D eigenvalue weighted by Crippen LogP contribution is 2.41. The minimum absolute atomic E-state index is 0.0805. The van der Waals surface area contributed by atoms with E-state index in [0.29, 0.717) is 5.57 Å². The Labute approximate surface area is 84.9 Å². The summed E-state index contributed by atoms with van der Waals surface area (Å²) >= 11 is 1.35. The van der Waals surface area contributed by atoms with Crippen LogP contribution in [0, 0.1) is 0 Å². The lowest BCUT2D eigenvalue weighted by Gasteiger charge is -2.31. The molecule has 2 unspecified atom stereocenters. The summed E-state index contributed by atoms with van der Waals surface area (Å²) in [4.78, 5) is 0. The zero-order valence-corrected chi connectivity index (χ0v) is 8.50. The first kappa shape index (κ1) is 10.2. The highest BCUT2D eigenvalue weighted by molar-refractivity contribution is 7.99. The molecule has 3 nitrogen and oxygen atoms in total. The second-order valence-electron chi connectivity index (χ2n) is 3.43. The fourth-order valence-corrected chi connectivity index (χ4v) is 2.29. The molecule has 1 aliphatic carbocycles. The van der Waals surface area contributed by atoms with Gasteiger partial charge >= 0.3 is 0 Å². The van der Waals surface area contributed by atoms with Gasteiger partial charge in [0.05, 0.1) is 5.70 Å². The van der Waals surface area contributed by atoms with Gasteiger partial charge in [0.25, 0.3) is 5.92 Å². The zero-order chi connectivity index (χ0) is 10.3. The first-order chi connectivity index (χ1) is 6.54. The highest BCUT2D eigenvalue weighted by Gasteiger charge is 2.46. The van der Waals surface area contributed by atoms with Gasteiger partial charge in [0.2, 0.25) is 0 Å². The van der Waals surface area contributed by atoms with Crippen LogP contribution in [-0.2, 0) is 0 Å². The number of alkyl halides is 2. The molecule has 6 heteroatoms. The van der Waals surface area contributed by atoms with Crippen molar-refractivity contribution in [2.75, 3.05) is 6.26 Å². The monoisotopic (exact) mass is 222 g/mol. The Bertz CT molecular complexity index is 283. The molecule has 14 heavy (non-hydrogen) atoms. The van der Waals surface area contributed by atoms with Gasteiger partial charge in [0.15, 0.2) is 0 Å². The Hall–Kier alpha value is -0.330. The van der Waals surface area contributed by atoms with E-state index in [0.717, 1.165) is 0 Å². The minimum Gasteiger partial charge on any atom is -0.374 e. The molecule has 0 aromatic rings. The molecule has 80 valence electrons. The third-order valence-corrected chi connectivity index (χ3v) is 3.27. The van der Waals surface area contributed by atoms with Crippen molar-refractivity contribution in [3.63, 3.8) is 0 Å². The van der Waals surface area contributed by atoms with Gasteiger partial charge in [0, 0.05) is 6.42 Å². The Morgan fingerprint density at radius 3 is 2.93 bits per heavy atom. The van der Waals surface area contributed by atoms with Crippen LogP contribution >= 0.6 is 11.8 Å². The van der Waals surface area contributed by atoms with E-state index in [-0.39, 0.29) is 24.0 Å². The van der Waals surface area contributed by atoms with E-state index in [9.17, 15) is 13.9 Å². The van der Waals surface area contributed by atoms with Crippen LogP contribution in [0.15, 0.2) is 11.3 Å². The lowest BCUT2D eigenvalue weighted by molar-refractivity contribution is 0.0329.